The van der Waals surface area contributed by atoms with Gasteiger partial charge in [-0.05, 0) is 54.9 Å². The predicted molar refractivity (Wildman–Crippen MR) is 132 cm³/mol. The molecule has 2 heterocycles. The molecular weight excluding hydrogens is 450 g/mol. The van der Waals surface area contributed by atoms with Crippen LogP contribution in [0, 0.1) is 0 Å². The third-order valence-electron chi connectivity index (χ3n) is 7.11. The van der Waals surface area contributed by atoms with Crippen molar-refractivity contribution in [3.63, 3.8) is 0 Å². The number of fused-ring (bicyclic) bond motifs is 2. The largest absolute Gasteiger partial charge is 0.366 e. The van der Waals surface area contributed by atoms with Gasteiger partial charge < -0.3 is 10.6 Å². The molecule has 2 bridgehead atoms. The van der Waals surface area contributed by atoms with Crippen molar-refractivity contribution >= 4 is 21.7 Å². The molecule has 2 N–H and O–H groups in total. The molecule has 0 aliphatic carbocycles. The summed E-state index contributed by atoms with van der Waals surface area (Å²) in [5, 5.41) is 0. The van der Waals surface area contributed by atoms with Crippen molar-refractivity contribution in [2.45, 2.75) is 50.2 Å². The molecule has 2 aromatic rings. The lowest BCUT2D eigenvalue weighted by molar-refractivity contribution is -0.129. The van der Waals surface area contributed by atoms with E-state index < -0.39 is 21.5 Å². The van der Waals surface area contributed by atoms with Crippen LogP contribution in [-0.2, 0) is 21.2 Å². The smallest absolute Gasteiger partial charge is 0.248 e. The van der Waals surface area contributed by atoms with Crippen molar-refractivity contribution in [3.8, 4) is 0 Å². The van der Waals surface area contributed by atoms with Gasteiger partial charge in [0, 0.05) is 43.5 Å². The highest BCUT2D eigenvalue weighted by Gasteiger charge is 2.41. The minimum Gasteiger partial charge on any atom is -0.366 e. The normalized spacial score (nSPS) is 22.4. The summed E-state index contributed by atoms with van der Waals surface area (Å²) in [6.07, 6.45) is 5.35. The summed E-state index contributed by atoms with van der Waals surface area (Å²) >= 11 is 0. The number of nitrogens with two attached hydrogens (primary N) is 1. The highest BCUT2D eigenvalue weighted by atomic mass is 32.2. The van der Waals surface area contributed by atoms with Gasteiger partial charge in [0.15, 0.2) is 9.84 Å². The molecule has 2 aromatic carbocycles. The SMILES string of the molecule is CS(=O)(=O)CC(=O)N(CCN1[C@@H]2CC[C@H]1CC(c1cccc(C(N)=O)c1)C2)Cc1ccccc1. The summed E-state index contributed by atoms with van der Waals surface area (Å²) in [6, 6.07) is 18.2. The maximum absolute atomic E-state index is 12.8. The number of benzene rings is 2. The lowest BCUT2D eigenvalue weighted by Crippen LogP contribution is -2.47. The maximum atomic E-state index is 12.8. The van der Waals surface area contributed by atoms with E-state index in [4.69, 9.17) is 5.73 Å². The number of primary amides is 1. The second kappa shape index (κ2) is 10.3. The average Bonchev–Trinajstić information content (AvgIpc) is 3.02. The zero-order valence-electron chi connectivity index (χ0n) is 19.6. The maximum Gasteiger partial charge on any atom is 0.248 e. The van der Waals surface area contributed by atoms with E-state index in [1.54, 1.807) is 11.0 Å². The number of piperidine rings is 1. The van der Waals surface area contributed by atoms with Gasteiger partial charge in [-0.25, -0.2) is 8.42 Å². The average molecular weight is 484 g/mol. The van der Waals surface area contributed by atoms with E-state index >= 15 is 0 Å². The van der Waals surface area contributed by atoms with E-state index in [0.29, 0.717) is 36.7 Å². The molecule has 2 aliphatic rings. The highest BCUT2D eigenvalue weighted by molar-refractivity contribution is 7.91. The van der Waals surface area contributed by atoms with Crippen molar-refractivity contribution in [1.29, 1.82) is 0 Å². The highest BCUT2D eigenvalue weighted by Crippen LogP contribution is 2.43. The molecule has 7 nitrogen and oxygen atoms in total. The Morgan fingerprint density at radius 1 is 1.03 bits per heavy atom. The van der Waals surface area contributed by atoms with Crippen LogP contribution in [0.15, 0.2) is 54.6 Å². The predicted octanol–water partition coefficient (Wildman–Crippen LogP) is 2.57. The van der Waals surface area contributed by atoms with Crippen molar-refractivity contribution in [3.05, 3.63) is 71.3 Å². The molecule has 1 unspecified atom stereocenters. The zero-order valence-corrected chi connectivity index (χ0v) is 20.4. The van der Waals surface area contributed by atoms with Gasteiger partial charge in [-0.1, -0.05) is 42.5 Å². The summed E-state index contributed by atoms with van der Waals surface area (Å²) in [5.41, 5.74) is 8.17. The van der Waals surface area contributed by atoms with Gasteiger partial charge in [-0.2, -0.15) is 0 Å². The van der Waals surface area contributed by atoms with Crippen LogP contribution in [0.25, 0.3) is 0 Å². The van der Waals surface area contributed by atoms with E-state index in [-0.39, 0.29) is 5.91 Å². The van der Waals surface area contributed by atoms with Crippen LogP contribution in [-0.4, -0.2) is 67.2 Å². The van der Waals surface area contributed by atoms with Crippen molar-refractivity contribution < 1.29 is 18.0 Å². The Labute approximate surface area is 201 Å². The number of hydrogen-bond acceptors (Lipinski definition) is 5. The summed E-state index contributed by atoms with van der Waals surface area (Å²) in [5.74, 6) is -0.831. The molecular formula is C26H33N3O4S. The monoisotopic (exact) mass is 483 g/mol. The fourth-order valence-corrected chi connectivity index (χ4v) is 6.14. The number of hydrogen-bond donors (Lipinski definition) is 1. The molecule has 0 aromatic heterocycles. The van der Waals surface area contributed by atoms with Gasteiger partial charge in [-0.3, -0.25) is 14.5 Å². The lowest BCUT2D eigenvalue weighted by atomic mass is 9.84. The zero-order chi connectivity index (χ0) is 24.3. The Bertz CT molecular complexity index is 1120. The van der Waals surface area contributed by atoms with Crippen LogP contribution in [0.3, 0.4) is 0 Å². The van der Waals surface area contributed by atoms with Gasteiger partial charge in [0.05, 0.1) is 0 Å². The number of nitrogens with zero attached hydrogens (tertiary/aromatic N) is 2. The van der Waals surface area contributed by atoms with Crippen LogP contribution in [0.4, 0.5) is 0 Å². The molecule has 0 radical (unpaired) electrons. The molecule has 2 saturated heterocycles. The Balaban J connectivity index is 1.42. The Hall–Kier alpha value is -2.71. The van der Waals surface area contributed by atoms with Gasteiger partial charge >= 0.3 is 0 Å². The van der Waals surface area contributed by atoms with Crippen molar-refractivity contribution in [1.82, 2.24) is 9.80 Å². The third-order valence-corrected chi connectivity index (χ3v) is 7.88. The standard InChI is InChI=1S/C26H33N3O4S/c1-34(32,33)18-25(30)28(17-19-6-3-2-4-7-19)12-13-29-23-10-11-24(29)16-22(15-23)20-8-5-9-21(14-20)26(27)31/h2-9,14,22-24H,10-13,15-18H2,1H3,(H2,27,31)/t22?,23-,24+. The van der Waals surface area contributed by atoms with Crippen LogP contribution >= 0.6 is 0 Å². The molecule has 2 amide bonds. The molecule has 2 fully saturated rings. The quantitative estimate of drug-likeness (QED) is 0.591. The minimum absolute atomic E-state index is 0.350. The minimum atomic E-state index is -3.40. The number of sulfone groups is 1. The van der Waals surface area contributed by atoms with Gasteiger partial charge in [0.25, 0.3) is 0 Å². The van der Waals surface area contributed by atoms with E-state index in [1.165, 1.54) is 5.56 Å². The molecule has 4 rings (SSSR count). The third kappa shape index (κ3) is 6.04. The van der Waals surface area contributed by atoms with Crippen LogP contribution < -0.4 is 5.73 Å². The first kappa shape index (κ1) is 24.4. The van der Waals surface area contributed by atoms with Crippen molar-refractivity contribution in [2.24, 2.45) is 5.73 Å². The molecule has 34 heavy (non-hydrogen) atoms. The first-order valence-electron chi connectivity index (χ1n) is 11.8. The number of amides is 2. The fourth-order valence-electron chi connectivity index (χ4n) is 5.50. The fraction of sp³-hybridized carbons (Fsp3) is 0.462. The number of rotatable bonds is 9. The summed E-state index contributed by atoms with van der Waals surface area (Å²) < 4.78 is 23.5. The van der Waals surface area contributed by atoms with E-state index in [2.05, 4.69) is 11.0 Å². The lowest BCUT2D eigenvalue weighted by Gasteiger charge is -2.40. The van der Waals surface area contributed by atoms with Gasteiger partial charge in [0.2, 0.25) is 11.8 Å². The molecule has 8 heteroatoms. The van der Waals surface area contributed by atoms with Crippen LogP contribution in [0.5, 0.6) is 0 Å². The molecule has 182 valence electrons. The number of carbonyl (C=O) groups excluding carboxylic acids is 2. The summed E-state index contributed by atoms with van der Waals surface area (Å²) in [7, 11) is -3.40. The van der Waals surface area contributed by atoms with Gasteiger partial charge in [-0.15, -0.1) is 0 Å². The molecule has 2 aliphatic heterocycles. The second-order valence-corrected chi connectivity index (χ2v) is 11.8. The van der Waals surface area contributed by atoms with Crippen molar-refractivity contribution in [2.75, 3.05) is 25.1 Å². The van der Waals surface area contributed by atoms with E-state index in [9.17, 15) is 18.0 Å². The molecule has 0 spiro atoms. The summed E-state index contributed by atoms with van der Waals surface area (Å²) in [4.78, 5) is 28.6. The van der Waals surface area contributed by atoms with E-state index in [0.717, 1.165) is 44.0 Å². The topological polar surface area (TPSA) is 101 Å². The van der Waals surface area contributed by atoms with Crippen LogP contribution in [0.2, 0.25) is 0 Å². The van der Waals surface area contributed by atoms with Gasteiger partial charge in [0.1, 0.15) is 5.75 Å². The first-order chi connectivity index (χ1) is 16.2. The van der Waals surface area contributed by atoms with E-state index in [1.807, 2.05) is 42.5 Å². The second-order valence-electron chi connectivity index (χ2n) is 9.65. The Kier molecular flexibility index (Phi) is 7.38. The Morgan fingerprint density at radius 3 is 2.32 bits per heavy atom. The summed E-state index contributed by atoms with van der Waals surface area (Å²) in [6.45, 7) is 1.63. The van der Waals surface area contributed by atoms with Crippen LogP contribution in [0.1, 0.15) is 53.1 Å². The number of carbonyl (C=O) groups is 2. The molecule has 3 atom stereocenters. The Morgan fingerprint density at radius 2 is 1.71 bits per heavy atom. The molecule has 0 saturated carbocycles. The first-order valence-corrected chi connectivity index (χ1v) is 13.9.